The number of hydrogen-bond acceptors (Lipinski definition) is 2. The Hall–Kier alpha value is -2.14. The number of nitrogens with zero attached hydrogens (tertiary/aromatic N) is 2. The van der Waals surface area contributed by atoms with Gasteiger partial charge >= 0.3 is 0 Å². The molecule has 0 aliphatic carbocycles. The molecular formula is C15H14N2. The Bertz CT molecular complexity index is 526. The fraction of sp³-hybridized carbons (Fsp3) is 0.200. The molecule has 84 valence electrons. The maximum Gasteiger partial charge on any atom is 0.101 e. The first-order valence-electron chi connectivity index (χ1n) is 5.70. The Morgan fingerprint density at radius 3 is 2.65 bits per heavy atom. The van der Waals surface area contributed by atoms with Gasteiger partial charge in [0.25, 0.3) is 0 Å². The van der Waals surface area contributed by atoms with Gasteiger partial charge in [-0.05, 0) is 30.0 Å². The molecule has 0 saturated heterocycles. The van der Waals surface area contributed by atoms with E-state index in [0.717, 1.165) is 12.1 Å². The first-order valence-corrected chi connectivity index (χ1v) is 5.70. The van der Waals surface area contributed by atoms with Crippen molar-refractivity contribution in [3.05, 3.63) is 65.5 Å². The highest BCUT2D eigenvalue weighted by molar-refractivity contribution is 5.34. The van der Waals surface area contributed by atoms with Crippen molar-refractivity contribution < 1.29 is 0 Å². The van der Waals surface area contributed by atoms with E-state index < -0.39 is 0 Å². The Labute approximate surface area is 102 Å². The maximum atomic E-state index is 9.01. The van der Waals surface area contributed by atoms with Gasteiger partial charge < -0.3 is 0 Å². The van der Waals surface area contributed by atoms with Crippen LogP contribution in [0.25, 0.3) is 0 Å². The van der Waals surface area contributed by atoms with Crippen molar-refractivity contribution >= 4 is 0 Å². The number of nitriles is 1. The van der Waals surface area contributed by atoms with Gasteiger partial charge in [0, 0.05) is 6.20 Å². The molecule has 17 heavy (non-hydrogen) atoms. The quantitative estimate of drug-likeness (QED) is 0.799. The molecule has 1 atom stereocenters. The molecule has 0 fully saturated rings. The minimum absolute atomic E-state index is 0.373. The number of pyridine rings is 1. The second kappa shape index (κ2) is 5.27. The Kier molecular flexibility index (Phi) is 3.52. The third-order valence-electron chi connectivity index (χ3n) is 2.88. The lowest BCUT2D eigenvalue weighted by Crippen LogP contribution is -2.02. The molecule has 0 amide bonds. The highest BCUT2D eigenvalue weighted by Gasteiger charge is 2.10. The van der Waals surface area contributed by atoms with Crippen LogP contribution in [0.3, 0.4) is 0 Å². The average molecular weight is 222 g/mol. The molecule has 0 aliphatic heterocycles. The van der Waals surface area contributed by atoms with Crippen LogP contribution in [0.1, 0.15) is 29.7 Å². The van der Waals surface area contributed by atoms with Crippen LogP contribution in [0.2, 0.25) is 0 Å². The Morgan fingerprint density at radius 1 is 1.18 bits per heavy atom. The van der Waals surface area contributed by atoms with Crippen LogP contribution in [-0.4, -0.2) is 4.98 Å². The zero-order valence-corrected chi connectivity index (χ0v) is 9.80. The molecule has 0 radical (unpaired) electrons. The van der Waals surface area contributed by atoms with Gasteiger partial charge in [0.15, 0.2) is 0 Å². The van der Waals surface area contributed by atoms with E-state index in [2.05, 4.69) is 30.1 Å². The fourth-order valence-electron chi connectivity index (χ4n) is 1.89. The van der Waals surface area contributed by atoms with Crippen LogP contribution < -0.4 is 0 Å². The number of rotatable bonds is 3. The monoisotopic (exact) mass is 222 g/mol. The summed E-state index contributed by atoms with van der Waals surface area (Å²) >= 11 is 0. The van der Waals surface area contributed by atoms with Gasteiger partial charge in [-0.25, -0.2) is 0 Å². The summed E-state index contributed by atoms with van der Waals surface area (Å²) < 4.78 is 0. The van der Waals surface area contributed by atoms with E-state index in [-0.39, 0.29) is 0 Å². The van der Waals surface area contributed by atoms with Crippen LogP contribution in [0.4, 0.5) is 0 Å². The number of aromatic nitrogens is 1. The SMILES string of the molecule is CC(Cc1ncccc1C#N)c1ccccc1. The van der Waals surface area contributed by atoms with E-state index in [0.29, 0.717) is 11.5 Å². The normalized spacial score (nSPS) is 11.8. The first kappa shape index (κ1) is 11.3. The van der Waals surface area contributed by atoms with Crippen molar-refractivity contribution in [2.75, 3.05) is 0 Å². The summed E-state index contributed by atoms with van der Waals surface area (Å²) in [5.74, 6) is 0.373. The topological polar surface area (TPSA) is 36.7 Å². The molecule has 0 saturated carbocycles. The molecule has 0 bridgehead atoms. The van der Waals surface area contributed by atoms with E-state index in [1.165, 1.54) is 5.56 Å². The Balaban J connectivity index is 2.19. The molecule has 2 heteroatoms. The van der Waals surface area contributed by atoms with E-state index in [4.69, 9.17) is 5.26 Å². The molecule has 0 aliphatic rings. The van der Waals surface area contributed by atoms with Crippen molar-refractivity contribution in [1.82, 2.24) is 4.98 Å². The lowest BCUT2D eigenvalue weighted by Gasteiger charge is -2.11. The molecule has 0 spiro atoms. The summed E-state index contributed by atoms with van der Waals surface area (Å²) in [6, 6.07) is 16.1. The van der Waals surface area contributed by atoms with Crippen molar-refractivity contribution in [2.45, 2.75) is 19.3 Å². The first-order chi connectivity index (χ1) is 8.31. The van der Waals surface area contributed by atoms with Crippen LogP contribution in [-0.2, 0) is 6.42 Å². The van der Waals surface area contributed by atoms with Gasteiger partial charge in [0.05, 0.1) is 11.3 Å². The molecule has 2 aromatic rings. The zero-order chi connectivity index (χ0) is 12.1. The summed E-state index contributed by atoms with van der Waals surface area (Å²) in [7, 11) is 0. The van der Waals surface area contributed by atoms with Crippen molar-refractivity contribution in [3.8, 4) is 6.07 Å². The van der Waals surface area contributed by atoms with Crippen molar-refractivity contribution in [1.29, 1.82) is 5.26 Å². The summed E-state index contributed by atoms with van der Waals surface area (Å²) in [5.41, 5.74) is 2.84. The molecule has 1 aromatic heterocycles. The number of hydrogen-bond donors (Lipinski definition) is 0. The summed E-state index contributed by atoms with van der Waals surface area (Å²) in [5, 5.41) is 9.01. The second-order valence-corrected chi connectivity index (χ2v) is 4.13. The third kappa shape index (κ3) is 2.70. The van der Waals surface area contributed by atoms with Gasteiger partial charge in [0.1, 0.15) is 6.07 Å². The number of benzene rings is 1. The lowest BCUT2D eigenvalue weighted by atomic mass is 9.94. The molecular weight excluding hydrogens is 208 g/mol. The summed E-state index contributed by atoms with van der Waals surface area (Å²) in [6.07, 6.45) is 2.54. The van der Waals surface area contributed by atoms with E-state index in [1.54, 1.807) is 12.3 Å². The molecule has 0 N–H and O–H groups in total. The van der Waals surface area contributed by atoms with Gasteiger partial charge in [-0.3, -0.25) is 4.98 Å². The minimum atomic E-state index is 0.373. The maximum absolute atomic E-state index is 9.01. The van der Waals surface area contributed by atoms with Crippen LogP contribution >= 0.6 is 0 Å². The largest absolute Gasteiger partial charge is 0.260 e. The highest BCUT2D eigenvalue weighted by Crippen LogP contribution is 2.20. The molecule has 2 nitrogen and oxygen atoms in total. The van der Waals surface area contributed by atoms with Crippen LogP contribution in [0.5, 0.6) is 0 Å². The van der Waals surface area contributed by atoms with Crippen molar-refractivity contribution in [2.24, 2.45) is 0 Å². The standard InChI is InChI=1S/C15H14N2/c1-12(13-6-3-2-4-7-13)10-15-14(11-16)8-5-9-17-15/h2-9,12H,10H2,1H3. The van der Waals surface area contributed by atoms with E-state index >= 15 is 0 Å². The van der Waals surface area contributed by atoms with Crippen LogP contribution in [0.15, 0.2) is 48.7 Å². The van der Waals surface area contributed by atoms with E-state index in [1.807, 2.05) is 24.3 Å². The molecule has 1 heterocycles. The summed E-state index contributed by atoms with van der Waals surface area (Å²) in [4.78, 5) is 4.29. The highest BCUT2D eigenvalue weighted by atomic mass is 14.7. The van der Waals surface area contributed by atoms with Crippen LogP contribution in [0, 0.1) is 11.3 Å². The van der Waals surface area contributed by atoms with Gasteiger partial charge in [-0.1, -0.05) is 37.3 Å². The zero-order valence-electron chi connectivity index (χ0n) is 9.80. The smallest absolute Gasteiger partial charge is 0.101 e. The predicted octanol–water partition coefficient (Wildman–Crippen LogP) is 3.30. The molecule has 2 rings (SSSR count). The Morgan fingerprint density at radius 2 is 1.94 bits per heavy atom. The van der Waals surface area contributed by atoms with E-state index in [9.17, 15) is 0 Å². The predicted molar refractivity (Wildman–Crippen MR) is 67.5 cm³/mol. The second-order valence-electron chi connectivity index (χ2n) is 4.13. The third-order valence-corrected chi connectivity index (χ3v) is 2.88. The van der Waals surface area contributed by atoms with Gasteiger partial charge in [-0.2, -0.15) is 5.26 Å². The molecule has 1 aromatic carbocycles. The minimum Gasteiger partial charge on any atom is -0.260 e. The lowest BCUT2D eigenvalue weighted by molar-refractivity contribution is 0.739. The molecule has 1 unspecified atom stereocenters. The van der Waals surface area contributed by atoms with Gasteiger partial charge in [0.2, 0.25) is 0 Å². The van der Waals surface area contributed by atoms with Crippen molar-refractivity contribution in [3.63, 3.8) is 0 Å². The van der Waals surface area contributed by atoms with Gasteiger partial charge in [-0.15, -0.1) is 0 Å². The summed E-state index contributed by atoms with van der Waals surface area (Å²) in [6.45, 7) is 2.16. The average Bonchev–Trinajstić information content (AvgIpc) is 2.40. The fourth-order valence-corrected chi connectivity index (χ4v) is 1.89.